The number of unbranched alkanes of at least 4 members (excludes halogenated alkanes) is 1. The van der Waals surface area contributed by atoms with Crippen LogP contribution in [-0.4, -0.2) is 27.1 Å². The summed E-state index contributed by atoms with van der Waals surface area (Å²) in [5.41, 5.74) is 5.62. The molecule has 0 N–H and O–H groups in total. The predicted molar refractivity (Wildman–Crippen MR) is 157 cm³/mol. The maximum absolute atomic E-state index is 12.7. The molecule has 6 heteroatoms. The second-order valence-corrected chi connectivity index (χ2v) is 10.7. The van der Waals surface area contributed by atoms with Crippen LogP contribution in [0.4, 0.5) is 8.78 Å². The zero-order valence-electron chi connectivity index (χ0n) is 23.3. The lowest BCUT2D eigenvalue weighted by Gasteiger charge is -2.35. The molecule has 4 nitrogen and oxygen atoms in total. The van der Waals surface area contributed by atoms with Gasteiger partial charge in [-0.05, 0) is 37.0 Å². The minimum atomic E-state index is -2.82. The Morgan fingerprint density at radius 3 is 2.12 bits per heavy atom. The van der Waals surface area contributed by atoms with Crippen molar-refractivity contribution in [3.8, 4) is 28.4 Å². The summed E-state index contributed by atoms with van der Waals surface area (Å²) >= 11 is 0. The monoisotopic (exact) mass is 543 g/mol. The molecule has 0 atom stereocenters. The number of aromatic nitrogens is 2. The van der Waals surface area contributed by atoms with Gasteiger partial charge in [-0.25, -0.2) is 4.98 Å². The van der Waals surface area contributed by atoms with Gasteiger partial charge in [0.2, 0.25) is 0 Å². The van der Waals surface area contributed by atoms with Crippen LogP contribution in [0.2, 0.25) is 0 Å². The Balaban J connectivity index is 1.55. The lowest BCUT2D eigenvalue weighted by atomic mass is 9.93. The average Bonchev–Trinajstić information content (AvgIpc) is 3.35. The Kier molecular flexibility index (Phi) is 9.61. The maximum atomic E-state index is 12.7. The van der Waals surface area contributed by atoms with E-state index in [-0.39, 0.29) is 5.75 Å². The highest BCUT2D eigenvalue weighted by Crippen LogP contribution is 2.33. The number of nitrogens with zero attached hydrogens (tertiary/aromatic N) is 3. The molecule has 0 saturated heterocycles. The van der Waals surface area contributed by atoms with Crippen LogP contribution >= 0.6 is 0 Å². The molecule has 1 heterocycles. The van der Waals surface area contributed by atoms with E-state index in [0.29, 0.717) is 6.04 Å². The van der Waals surface area contributed by atoms with Gasteiger partial charge in [-0.2, -0.15) is 8.78 Å². The van der Waals surface area contributed by atoms with E-state index >= 15 is 0 Å². The molecule has 1 aromatic heterocycles. The smallest absolute Gasteiger partial charge is 0.387 e. The Hall–Kier alpha value is -3.51. The Morgan fingerprint density at radius 1 is 0.850 bits per heavy atom. The summed E-state index contributed by atoms with van der Waals surface area (Å²) in [6.45, 7) is 1.84. The maximum Gasteiger partial charge on any atom is 0.387 e. The molecule has 0 spiro atoms. The van der Waals surface area contributed by atoms with Crippen molar-refractivity contribution in [2.75, 3.05) is 0 Å². The van der Waals surface area contributed by atoms with Gasteiger partial charge < -0.3 is 9.30 Å². The number of imidazole rings is 1. The van der Waals surface area contributed by atoms with Gasteiger partial charge in [-0.1, -0.05) is 105 Å². The molecule has 40 heavy (non-hydrogen) atoms. The van der Waals surface area contributed by atoms with Crippen LogP contribution in [-0.2, 0) is 19.6 Å². The van der Waals surface area contributed by atoms with Crippen molar-refractivity contribution in [2.45, 2.75) is 84.2 Å². The number of rotatable bonds is 12. The summed E-state index contributed by atoms with van der Waals surface area (Å²) in [4.78, 5) is 7.88. The number of hydrogen-bond donors (Lipinski definition) is 0. The van der Waals surface area contributed by atoms with Crippen LogP contribution in [0.1, 0.15) is 63.1 Å². The molecule has 0 amide bonds. The van der Waals surface area contributed by atoms with Crippen molar-refractivity contribution >= 4 is 0 Å². The lowest BCUT2D eigenvalue weighted by molar-refractivity contribution is -0.0498. The molecular weight excluding hydrogens is 504 g/mol. The molecule has 0 aliphatic heterocycles. The fraction of sp³-hybridized carbons (Fsp3) is 0.382. The first-order valence-electron chi connectivity index (χ1n) is 14.6. The van der Waals surface area contributed by atoms with Crippen molar-refractivity contribution in [1.29, 1.82) is 0 Å². The second kappa shape index (κ2) is 13.7. The van der Waals surface area contributed by atoms with Crippen LogP contribution in [0, 0.1) is 0 Å². The standard InChI is InChI=1S/C34H39F2N3O/c1-2-3-23-39-31(32(27-13-7-4-8-14-27)37-33(39)28-15-9-5-10-16-28)25-38(29-17-11-6-12-18-29)24-26-19-21-30(22-20-26)40-34(35)36/h4-5,7-10,13-16,19-22,29,34H,2-3,6,11-12,17-18,23-25H2,1H3. The van der Waals surface area contributed by atoms with Gasteiger partial charge in [0.1, 0.15) is 11.6 Å². The molecule has 1 aliphatic carbocycles. The van der Waals surface area contributed by atoms with Gasteiger partial charge in [0.25, 0.3) is 0 Å². The van der Waals surface area contributed by atoms with Crippen molar-refractivity contribution in [3.63, 3.8) is 0 Å². The molecule has 3 aromatic carbocycles. The van der Waals surface area contributed by atoms with E-state index in [1.54, 1.807) is 12.1 Å². The Morgan fingerprint density at radius 2 is 1.50 bits per heavy atom. The Labute approximate surface area is 236 Å². The molecule has 0 radical (unpaired) electrons. The third-order valence-corrected chi connectivity index (χ3v) is 7.87. The molecule has 1 fully saturated rings. The first-order chi connectivity index (χ1) is 19.6. The van der Waals surface area contributed by atoms with E-state index in [0.717, 1.165) is 60.7 Å². The summed E-state index contributed by atoms with van der Waals surface area (Å²) in [7, 11) is 0. The number of benzene rings is 3. The van der Waals surface area contributed by atoms with E-state index in [2.05, 4.69) is 69.7 Å². The van der Waals surface area contributed by atoms with Gasteiger partial charge in [0.05, 0.1) is 11.4 Å². The number of ether oxygens (including phenoxy) is 1. The largest absolute Gasteiger partial charge is 0.435 e. The van der Waals surface area contributed by atoms with E-state index in [9.17, 15) is 8.78 Å². The van der Waals surface area contributed by atoms with E-state index in [1.165, 1.54) is 37.8 Å². The molecule has 1 aliphatic rings. The zero-order chi connectivity index (χ0) is 27.7. The summed E-state index contributed by atoms with van der Waals surface area (Å²) in [6.07, 6.45) is 8.27. The number of hydrogen-bond acceptors (Lipinski definition) is 3. The second-order valence-electron chi connectivity index (χ2n) is 10.7. The molecule has 0 bridgehead atoms. The minimum Gasteiger partial charge on any atom is -0.435 e. The molecule has 4 aromatic rings. The summed E-state index contributed by atoms with van der Waals surface area (Å²) in [6, 6.07) is 28.6. The van der Waals surface area contributed by atoms with Crippen LogP contribution < -0.4 is 4.74 Å². The van der Waals surface area contributed by atoms with Crippen molar-refractivity contribution in [2.24, 2.45) is 0 Å². The quantitative estimate of drug-likeness (QED) is 0.179. The predicted octanol–water partition coefficient (Wildman–Crippen LogP) is 8.95. The zero-order valence-corrected chi connectivity index (χ0v) is 23.3. The molecule has 5 rings (SSSR count). The SMILES string of the molecule is CCCCn1c(-c2ccccc2)nc(-c2ccccc2)c1CN(Cc1ccc(OC(F)F)cc1)C1CCCCC1. The van der Waals surface area contributed by atoms with Gasteiger partial charge in [-0.15, -0.1) is 0 Å². The third-order valence-electron chi connectivity index (χ3n) is 7.87. The third kappa shape index (κ3) is 6.97. The number of halogens is 2. The van der Waals surface area contributed by atoms with Crippen molar-refractivity contribution in [3.05, 3.63) is 96.2 Å². The normalized spacial score (nSPS) is 14.2. The lowest BCUT2D eigenvalue weighted by Crippen LogP contribution is -2.36. The first-order valence-corrected chi connectivity index (χ1v) is 14.6. The number of alkyl halides is 2. The van der Waals surface area contributed by atoms with E-state index in [1.807, 2.05) is 24.3 Å². The highest BCUT2D eigenvalue weighted by molar-refractivity contribution is 5.68. The highest BCUT2D eigenvalue weighted by atomic mass is 19.3. The summed E-state index contributed by atoms with van der Waals surface area (Å²) in [5.74, 6) is 1.21. The van der Waals surface area contributed by atoms with Gasteiger partial charge >= 0.3 is 6.61 Å². The van der Waals surface area contributed by atoms with Crippen LogP contribution in [0.25, 0.3) is 22.6 Å². The summed E-state index contributed by atoms with van der Waals surface area (Å²) in [5, 5.41) is 0. The highest BCUT2D eigenvalue weighted by Gasteiger charge is 2.26. The fourth-order valence-electron chi connectivity index (χ4n) is 5.80. The molecule has 0 unspecified atom stereocenters. The van der Waals surface area contributed by atoms with Crippen molar-refractivity contribution in [1.82, 2.24) is 14.5 Å². The molecular formula is C34H39F2N3O. The van der Waals surface area contributed by atoms with Crippen LogP contribution in [0.3, 0.4) is 0 Å². The first kappa shape index (κ1) is 28.0. The fourth-order valence-corrected chi connectivity index (χ4v) is 5.80. The average molecular weight is 544 g/mol. The van der Waals surface area contributed by atoms with E-state index in [4.69, 9.17) is 4.98 Å². The molecule has 1 saturated carbocycles. The van der Waals surface area contributed by atoms with E-state index < -0.39 is 6.61 Å². The van der Waals surface area contributed by atoms with Crippen molar-refractivity contribution < 1.29 is 13.5 Å². The topological polar surface area (TPSA) is 30.3 Å². The van der Waals surface area contributed by atoms with Gasteiger partial charge in [-0.3, -0.25) is 4.90 Å². The van der Waals surface area contributed by atoms with Gasteiger partial charge in [0.15, 0.2) is 0 Å². The molecule has 210 valence electrons. The Bertz CT molecular complexity index is 1320. The van der Waals surface area contributed by atoms with Crippen LogP contribution in [0.5, 0.6) is 5.75 Å². The minimum absolute atomic E-state index is 0.194. The van der Waals surface area contributed by atoms with Gasteiger partial charge in [0, 0.05) is 36.8 Å². The summed E-state index contributed by atoms with van der Waals surface area (Å²) < 4.78 is 32.4. The van der Waals surface area contributed by atoms with Crippen LogP contribution in [0.15, 0.2) is 84.9 Å².